The lowest BCUT2D eigenvalue weighted by atomic mass is 10.1. The summed E-state index contributed by atoms with van der Waals surface area (Å²) in [6, 6.07) is 13.3. The van der Waals surface area contributed by atoms with Crippen LogP contribution < -0.4 is 11.1 Å². The van der Waals surface area contributed by atoms with E-state index in [1.807, 2.05) is 31.2 Å². The normalized spacial score (nSPS) is 10.1. The van der Waals surface area contributed by atoms with E-state index in [0.717, 1.165) is 5.56 Å². The van der Waals surface area contributed by atoms with Crippen LogP contribution in [-0.2, 0) is 11.3 Å². The third-order valence-corrected chi connectivity index (χ3v) is 3.22. The lowest BCUT2D eigenvalue weighted by Gasteiger charge is -2.14. The summed E-state index contributed by atoms with van der Waals surface area (Å²) in [6.45, 7) is 2.65. The molecule has 2 rings (SSSR count). The van der Waals surface area contributed by atoms with Crippen molar-refractivity contribution in [2.45, 2.75) is 13.5 Å². The van der Waals surface area contributed by atoms with Crippen molar-refractivity contribution < 1.29 is 9.53 Å². The molecule has 2 aromatic carbocycles. The first-order chi connectivity index (χ1) is 9.63. The maximum absolute atomic E-state index is 11.7. The Labute approximate surface area is 118 Å². The zero-order valence-electron chi connectivity index (χ0n) is 11.6. The summed E-state index contributed by atoms with van der Waals surface area (Å²) >= 11 is 0. The first kappa shape index (κ1) is 13.9. The van der Waals surface area contributed by atoms with E-state index in [0.29, 0.717) is 23.5 Å². The fourth-order valence-electron chi connectivity index (χ4n) is 2.04. The van der Waals surface area contributed by atoms with Gasteiger partial charge in [-0.2, -0.15) is 0 Å². The molecule has 0 saturated heterocycles. The molecule has 0 fully saturated rings. The molecule has 0 aliphatic carbocycles. The molecule has 0 aliphatic heterocycles. The van der Waals surface area contributed by atoms with Crippen LogP contribution in [0.25, 0.3) is 0 Å². The van der Waals surface area contributed by atoms with Crippen molar-refractivity contribution >= 4 is 17.3 Å². The highest BCUT2D eigenvalue weighted by Gasteiger charge is 2.13. The molecule has 2 aromatic rings. The van der Waals surface area contributed by atoms with Gasteiger partial charge in [0.1, 0.15) is 0 Å². The van der Waals surface area contributed by atoms with Crippen LogP contribution in [0.4, 0.5) is 11.4 Å². The van der Waals surface area contributed by atoms with Crippen molar-refractivity contribution in [3.8, 4) is 0 Å². The van der Waals surface area contributed by atoms with Crippen LogP contribution in [0, 0.1) is 6.92 Å². The lowest BCUT2D eigenvalue weighted by molar-refractivity contribution is 0.0602. The number of rotatable bonds is 4. The number of aryl methyl sites for hydroxylation is 1. The van der Waals surface area contributed by atoms with Crippen LogP contribution in [0.2, 0.25) is 0 Å². The molecule has 4 nitrogen and oxygen atoms in total. The van der Waals surface area contributed by atoms with Gasteiger partial charge in [0.2, 0.25) is 0 Å². The number of nitrogen functional groups attached to an aromatic ring is 1. The highest BCUT2D eigenvalue weighted by atomic mass is 16.5. The molecular weight excluding hydrogens is 252 g/mol. The summed E-state index contributed by atoms with van der Waals surface area (Å²) in [5.41, 5.74) is 9.88. The summed E-state index contributed by atoms with van der Waals surface area (Å²) in [7, 11) is 1.36. The fraction of sp³-hybridized carbons (Fsp3) is 0.188. The average molecular weight is 270 g/mol. The summed E-state index contributed by atoms with van der Waals surface area (Å²) < 4.78 is 4.77. The summed E-state index contributed by atoms with van der Waals surface area (Å²) in [5, 5.41) is 3.23. The minimum Gasteiger partial charge on any atom is -0.465 e. The van der Waals surface area contributed by atoms with Gasteiger partial charge in [0.25, 0.3) is 0 Å². The molecule has 104 valence electrons. The standard InChI is InChI=1S/C16H18N2O2/c1-11-6-3-4-7-12(11)10-18-15-13(16(19)20-2)8-5-9-14(15)17/h3-9,18H,10,17H2,1-2H3. The molecular formula is C16H18N2O2. The molecule has 0 atom stereocenters. The summed E-state index contributed by atoms with van der Waals surface area (Å²) in [6.07, 6.45) is 0. The number of methoxy groups -OCH3 is 1. The van der Waals surface area contributed by atoms with Crippen LogP contribution >= 0.6 is 0 Å². The van der Waals surface area contributed by atoms with Gasteiger partial charge < -0.3 is 15.8 Å². The minimum atomic E-state index is -0.399. The van der Waals surface area contributed by atoms with E-state index in [-0.39, 0.29) is 0 Å². The maximum Gasteiger partial charge on any atom is 0.340 e. The largest absolute Gasteiger partial charge is 0.465 e. The number of benzene rings is 2. The predicted octanol–water partition coefficient (Wildman–Crippen LogP) is 2.98. The van der Waals surface area contributed by atoms with E-state index in [4.69, 9.17) is 10.5 Å². The fourth-order valence-corrected chi connectivity index (χ4v) is 2.04. The smallest absolute Gasteiger partial charge is 0.340 e. The Kier molecular flexibility index (Phi) is 4.25. The number of anilines is 2. The van der Waals surface area contributed by atoms with Gasteiger partial charge in [0, 0.05) is 6.54 Å². The highest BCUT2D eigenvalue weighted by molar-refractivity contribution is 5.98. The molecule has 0 bridgehead atoms. The molecule has 0 aromatic heterocycles. The van der Waals surface area contributed by atoms with E-state index >= 15 is 0 Å². The number of carbonyl (C=O) groups excluding carboxylic acids is 1. The second-order valence-electron chi connectivity index (χ2n) is 4.54. The molecule has 3 N–H and O–H groups in total. The molecule has 0 spiro atoms. The van der Waals surface area contributed by atoms with Crippen LogP contribution in [0.3, 0.4) is 0 Å². The van der Waals surface area contributed by atoms with Crippen molar-refractivity contribution in [2.75, 3.05) is 18.2 Å². The lowest BCUT2D eigenvalue weighted by Crippen LogP contribution is -2.10. The number of para-hydroxylation sites is 1. The third kappa shape index (κ3) is 2.91. The summed E-state index contributed by atoms with van der Waals surface area (Å²) in [4.78, 5) is 11.7. The number of carbonyl (C=O) groups is 1. The van der Waals surface area contributed by atoms with Gasteiger partial charge in [-0.05, 0) is 30.2 Å². The van der Waals surface area contributed by atoms with E-state index < -0.39 is 5.97 Å². The van der Waals surface area contributed by atoms with Crippen LogP contribution in [0.1, 0.15) is 21.5 Å². The second kappa shape index (κ2) is 6.10. The second-order valence-corrected chi connectivity index (χ2v) is 4.54. The number of hydrogen-bond acceptors (Lipinski definition) is 4. The zero-order chi connectivity index (χ0) is 14.5. The highest BCUT2D eigenvalue weighted by Crippen LogP contribution is 2.25. The summed E-state index contributed by atoms with van der Waals surface area (Å²) in [5.74, 6) is -0.399. The Morgan fingerprint density at radius 3 is 2.65 bits per heavy atom. The molecule has 0 amide bonds. The van der Waals surface area contributed by atoms with Gasteiger partial charge in [-0.1, -0.05) is 30.3 Å². The van der Waals surface area contributed by atoms with Crippen LogP contribution in [-0.4, -0.2) is 13.1 Å². The monoisotopic (exact) mass is 270 g/mol. The van der Waals surface area contributed by atoms with Gasteiger partial charge >= 0.3 is 5.97 Å². The molecule has 0 aliphatic rings. The average Bonchev–Trinajstić information content (AvgIpc) is 2.46. The Balaban J connectivity index is 2.25. The molecule has 0 radical (unpaired) electrons. The van der Waals surface area contributed by atoms with Crippen molar-refractivity contribution in [2.24, 2.45) is 0 Å². The van der Waals surface area contributed by atoms with Gasteiger partial charge in [0.15, 0.2) is 0 Å². The number of ether oxygens (including phenoxy) is 1. The quantitative estimate of drug-likeness (QED) is 0.662. The van der Waals surface area contributed by atoms with Gasteiger partial charge in [0.05, 0.1) is 24.0 Å². The molecule has 0 unspecified atom stereocenters. The van der Waals surface area contributed by atoms with Crippen molar-refractivity contribution in [3.05, 3.63) is 59.2 Å². The molecule has 0 heterocycles. The van der Waals surface area contributed by atoms with Crippen LogP contribution in [0.15, 0.2) is 42.5 Å². The first-order valence-corrected chi connectivity index (χ1v) is 6.38. The Morgan fingerprint density at radius 1 is 1.20 bits per heavy atom. The molecule has 4 heteroatoms. The minimum absolute atomic E-state index is 0.399. The maximum atomic E-state index is 11.7. The van der Waals surface area contributed by atoms with Gasteiger partial charge in [-0.15, -0.1) is 0 Å². The van der Waals surface area contributed by atoms with Gasteiger partial charge in [-0.25, -0.2) is 4.79 Å². The first-order valence-electron chi connectivity index (χ1n) is 6.38. The number of nitrogens with one attached hydrogen (secondary N) is 1. The Morgan fingerprint density at radius 2 is 1.95 bits per heavy atom. The molecule has 0 saturated carbocycles. The van der Waals surface area contributed by atoms with E-state index in [9.17, 15) is 4.79 Å². The van der Waals surface area contributed by atoms with Crippen molar-refractivity contribution in [1.82, 2.24) is 0 Å². The van der Waals surface area contributed by atoms with Gasteiger partial charge in [-0.3, -0.25) is 0 Å². The molecule has 20 heavy (non-hydrogen) atoms. The SMILES string of the molecule is COC(=O)c1cccc(N)c1NCc1ccccc1C. The Bertz CT molecular complexity index is 624. The zero-order valence-corrected chi connectivity index (χ0v) is 11.6. The number of hydrogen-bond donors (Lipinski definition) is 2. The van der Waals surface area contributed by atoms with E-state index in [2.05, 4.69) is 5.32 Å². The number of nitrogens with two attached hydrogens (primary N) is 1. The van der Waals surface area contributed by atoms with Crippen molar-refractivity contribution in [1.29, 1.82) is 0 Å². The number of esters is 1. The third-order valence-electron chi connectivity index (χ3n) is 3.22. The predicted molar refractivity (Wildman–Crippen MR) is 80.7 cm³/mol. The van der Waals surface area contributed by atoms with E-state index in [1.54, 1.807) is 18.2 Å². The van der Waals surface area contributed by atoms with E-state index in [1.165, 1.54) is 12.7 Å². The van der Waals surface area contributed by atoms with Crippen LogP contribution in [0.5, 0.6) is 0 Å². The Hall–Kier alpha value is -2.49. The van der Waals surface area contributed by atoms with Crippen molar-refractivity contribution in [3.63, 3.8) is 0 Å². The topological polar surface area (TPSA) is 64.3 Å².